The fraction of sp³-hybridized carbons (Fsp3) is 0.0667. The van der Waals surface area contributed by atoms with Gasteiger partial charge >= 0.3 is 0 Å². The van der Waals surface area contributed by atoms with E-state index in [0.717, 1.165) is 10.6 Å². The van der Waals surface area contributed by atoms with Crippen LogP contribution in [0, 0.1) is 0 Å². The number of amides is 2. The SMILES string of the molecule is CON=Cc1ccccc1-n1c(N)c2c(cc1=O)C(=O)NC2=O. The van der Waals surface area contributed by atoms with E-state index >= 15 is 0 Å². The molecular weight excluding hydrogens is 300 g/mol. The smallest absolute Gasteiger partial charge is 0.262 e. The summed E-state index contributed by atoms with van der Waals surface area (Å²) >= 11 is 0. The molecule has 8 nitrogen and oxygen atoms in total. The summed E-state index contributed by atoms with van der Waals surface area (Å²) in [5.74, 6) is -1.36. The molecule has 1 aliphatic rings. The standard InChI is InChI=1S/C15H12N4O4/c1-23-17-7-8-4-2-3-5-10(8)19-11(20)6-9-12(13(19)16)15(22)18-14(9)21/h2-7H,16H2,1H3,(H,18,21,22). The minimum absolute atomic E-state index is 0.00640. The van der Waals surface area contributed by atoms with E-state index in [-0.39, 0.29) is 16.9 Å². The van der Waals surface area contributed by atoms with Crippen LogP contribution in [0.1, 0.15) is 26.3 Å². The third kappa shape index (κ3) is 2.26. The van der Waals surface area contributed by atoms with Gasteiger partial charge in [0.05, 0.1) is 23.0 Å². The van der Waals surface area contributed by atoms with Crippen molar-refractivity contribution < 1.29 is 14.4 Å². The van der Waals surface area contributed by atoms with E-state index in [1.54, 1.807) is 24.3 Å². The molecule has 2 aromatic rings. The molecule has 23 heavy (non-hydrogen) atoms. The summed E-state index contributed by atoms with van der Waals surface area (Å²) in [6.07, 6.45) is 1.42. The zero-order valence-corrected chi connectivity index (χ0v) is 12.1. The fourth-order valence-corrected chi connectivity index (χ4v) is 2.44. The van der Waals surface area contributed by atoms with Crippen LogP contribution in [0.5, 0.6) is 0 Å². The second-order valence-electron chi connectivity index (χ2n) is 4.75. The molecule has 1 aliphatic heterocycles. The van der Waals surface area contributed by atoms with Gasteiger partial charge in [-0.25, -0.2) is 0 Å². The molecule has 1 aromatic carbocycles. The molecule has 3 N–H and O–H groups in total. The number of nitrogens with zero attached hydrogens (tertiary/aromatic N) is 2. The Morgan fingerprint density at radius 1 is 1.22 bits per heavy atom. The number of rotatable bonds is 3. The summed E-state index contributed by atoms with van der Waals surface area (Å²) in [6.45, 7) is 0. The Bertz CT molecular complexity index is 914. The average molecular weight is 312 g/mol. The number of oxime groups is 1. The van der Waals surface area contributed by atoms with Crippen molar-refractivity contribution in [2.24, 2.45) is 5.16 Å². The number of hydrogen-bond acceptors (Lipinski definition) is 6. The highest BCUT2D eigenvalue weighted by Crippen LogP contribution is 2.23. The lowest BCUT2D eigenvalue weighted by Crippen LogP contribution is -2.24. The van der Waals surface area contributed by atoms with Crippen LogP contribution in [-0.2, 0) is 4.84 Å². The molecule has 116 valence electrons. The van der Waals surface area contributed by atoms with Gasteiger partial charge in [0.1, 0.15) is 12.9 Å². The highest BCUT2D eigenvalue weighted by molar-refractivity contribution is 6.23. The number of anilines is 1. The third-order valence-electron chi connectivity index (χ3n) is 3.43. The number of nitrogens with one attached hydrogen (secondary N) is 1. The van der Waals surface area contributed by atoms with Gasteiger partial charge < -0.3 is 10.6 Å². The van der Waals surface area contributed by atoms with Crippen LogP contribution in [0.15, 0.2) is 40.3 Å². The molecule has 0 fully saturated rings. The maximum Gasteiger partial charge on any atom is 0.262 e. The number of para-hydroxylation sites is 1. The molecule has 2 amide bonds. The van der Waals surface area contributed by atoms with Crippen molar-refractivity contribution in [1.82, 2.24) is 9.88 Å². The molecule has 0 spiro atoms. The van der Waals surface area contributed by atoms with E-state index in [9.17, 15) is 14.4 Å². The first kappa shape index (κ1) is 14.5. The number of nitrogen functional groups attached to an aromatic ring is 1. The van der Waals surface area contributed by atoms with Crippen LogP contribution in [0.3, 0.4) is 0 Å². The predicted octanol–water partition coefficient (Wildman–Crippen LogP) is 0.284. The van der Waals surface area contributed by atoms with E-state index in [1.807, 2.05) is 0 Å². The molecule has 2 heterocycles. The summed E-state index contributed by atoms with van der Waals surface area (Å²) < 4.78 is 1.16. The first-order valence-electron chi connectivity index (χ1n) is 6.61. The highest BCUT2D eigenvalue weighted by atomic mass is 16.6. The summed E-state index contributed by atoms with van der Waals surface area (Å²) in [7, 11) is 1.39. The van der Waals surface area contributed by atoms with Crippen molar-refractivity contribution in [1.29, 1.82) is 0 Å². The number of carbonyl (C=O) groups is 2. The van der Waals surface area contributed by atoms with Gasteiger partial charge in [-0.05, 0) is 6.07 Å². The summed E-state index contributed by atoms with van der Waals surface area (Å²) in [4.78, 5) is 40.6. The topological polar surface area (TPSA) is 116 Å². The number of carbonyl (C=O) groups excluding carboxylic acids is 2. The van der Waals surface area contributed by atoms with E-state index in [2.05, 4.69) is 15.3 Å². The molecular formula is C15H12N4O4. The number of benzene rings is 1. The monoisotopic (exact) mass is 312 g/mol. The van der Waals surface area contributed by atoms with Crippen LogP contribution in [0.4, 0.5) is 5.82 Å². The second kappa shape index (κ2) is 5.41. The minimum atomic E-state index is -0.629. The molecule has 0 unspecified atom stereocenters. The van der Waals surface area contributed by atoms with Crippen LogP contribution < -0.4 is 16.6 Å². The number of fused-ring (bicyclic) bond motifs is 1. The Morgan fingerprint density at radius 3 is 2.70 bits per heavy atom. The van der Waals surface area contributed by atoms with Gasteiger partial charge in [-0.15, -0.1) is 0 Å². The normalized spacial score (nSPS) is 13.3. The van der Waals surface area contributed by atoms with Crippen molar-refractivity contribution in [3.8, 4) is 5.69 Å². The van der Waals surface area contributed by atoms with E-state index in [4.69, 9.17) is 5.73 Å². The fourth-order valence-electron chi connectivity index (χ4n) is 2.44. The molecule has 0 saturated carbocycles. The molecule has 3 rings (SSSR count). The van der Waals surface area contributed by atoms with Gasteiger partial charge in [0.2, 0.25) is 0 Å². The van der Waals surface area contributed by atoms with E-state index in [1.165, 1.54) is 13.3 Å². The van der Waals surface area contributed by atoms with E-state index < -0.39 is 17.4 Å². The van der Waals surface area contributed by atoms with Crippen LogP contribution in [-0.4, -0.2) is 29.7 Å². The lowest BCUT2D eigenvalue weighted by atomic mass is 10.1. The van der Waals surface area contributed by atoms with Gasteiger partial charge in [0.25, 0.3) is 17.4 Å². The summed E-state index contributed by atoms with van der Waals surface area (Å²) in [5, 5.41) is 5.79. The van der Waals surface area contributed by atoms with Crippen molar-refractivity contribution >= 4 is 23.8 Å². The van der Waals surface area contributed by atoms with Gasteiger partial charge in [-0.3, -0.25) is 24.3 Å². The molecule has 0 radical (unpaired) electrons. The predicted molar refractivity (Wildman–Crippen MR) is 82.9 cm³/mol. The zero-order chi connectivity index (χ0) is 16.6. The van der Waals surface area contributed by atoms with Gasteiger partial charge in [0, 0.05) is 11.6 Å². The van der Waals surface area contributed by atoms with E-state index in [0.29, 0.717) is 11.3 Å². The molecule has 1 aromatic heterocycles. The number of hydrogen-bond donors (Lipinski definition) is 2. The number of aromatic nitrogens is 1. The Morgan fingerprint density at radius 2 is 1.96 bits per heavy atom. The zero-order valence-electron chi connectivity index (χ0n) is 12.1. The summed E-state index contributed by atoms with van der Waals surface area (Å²) in [5.41, 5.74) is 6.43. The number of nitrogens with two attached hydrogens (primary N) is 1. The molecule has 8 heteroatoms. The van der Waals surface area contributed by atoms with Crippen LogP contribution >= 0.6 is 0 Å². The number of imide groups is 1. The van der Waals surface area contributed by atoms with Crippen LogP contribution in [0.2, 0.25) is 0 Å². The minimum Gasteiger partial charge on any atom is -0.399 e. The Balaban J connectivity index is 2.30. The first-order valence-corrected chi connectivity index (χ1v) is 6.61. The van der Waals surface area contributed by atoms with Crippen LogP contribution in [0.25, 0.3) is 5.69 Å². The lowest BCUT2D eigenvalue weighted by molar-refractivity contribution is 0.0880. The molecule has 0 aliphatic carbocycles. The largest absolute Gasteiger partial charge is 0.399 e. The third-order valence-corrected chi connectivity index (χ3v) is 3.43. The second-order valence-corrected chi connectivity index (χ2v) is 4.75. The first-order chi connectivity index (χ1) is 11.0. The van der Waals surface area contributed by atoms with Crippen molar-refractivity contribution in [3.63, 3.8) is 0 Å². The lowest BCUT2D eigenvalue weighted by Gasteiger charge is -2.13. The van der Waals surface area contributed by atoms with Gasteiger partial charge in [-0.1, -0.05) is 23.4 Å². The molecule has 0 atom stereocenters. The van der Waals surface area contributed by atoms with Gasteiger partial charge in [-0.2, -0.15) is 0 Å². The number of pyridine rings is 1. The Hall–Kier alpha value is -3.42. The quantitative estimate of drug-likeness (QED) is 0.480. The molecule has 0 saturated heterocycles. The average Bonchev–Trinajstić information content (AvgIpc) is 2.80. The Kier molecular flexibility index (Phi) is 3.41. The van der Waals surface area contributed by atoms with Crippen molar-refractivity contribution in [2.75, 3.05) is 12.8 Å². The van der Waals surface area contributed by atoms with Crippen molar-refractivity contribution in [3.05, 3.63) is 57.4 Å². The Labute approximate surface area is 130 Å². The maximum atomic E-state index is 12.4. The highest BCUT2D eigenvalue weighted by Gasteiger charge is 2.32. The summed E-state index contributed by atoms with van der Waals surface area (Å²) in [6, 6.07) is 7.92. The maximum absolute atomic E-state index is 12.4. The molecule has 0 bridgehead atoms. The van der Waals surface area contributed by atoms with Crippen molar-refractivity contribution in [2.45, 2.75) is 0 Å². The van der Waals surface area contributed by atoms with Gasteiger partial charge in [0.15, 0.2) is 0 Å².